The minimum absolute atomic E-state index is 0.289. The number of halogens is 4. The summed E-state index contributed by atoms with van der Waals surface area (Å²) in [4.78, 5) is 12.2. The van der Waals surface area contributed by atoms with Crippen molar-refractivity contribution in [1.82, 2.24) is 5.32 Å². The zero-order chi connectivity index (χ0) is 23.2. The van der Waals surface area contributed by atoms with Crippen molar-refractivity contribution in [3.05, 3.63) is 64.2 Å². The van der Waals surface area contributed by atoms with Crippen molar-refractivity contribution >= 4 is 45.0 Å². The number of nitrogens with zero attached hydrogens (tertiary/aromatic N) is 1. The molecule has 0 fully saturated rings. The zero-order valence-corrected chi connectivity index (χ0v) is 19.3. The van der Waals surface area contributed by atoms with Gasteiger partial charge in [-0.15, -0.1) is 0 Å². The SMILES string of the molecule is Cc1ccc(CSCCNC(=O)CN(c2ccc(Cl)c(C(F)(F)F)c2)S(C)(=O)=O)cc1. The largest absolute Gasteiger partial charge is 0.417 e. The number of nitrogens with one attached hydrogen (secondary N) is 1. The van der Waals surface area contributed by atoms with Gasteiger partial charge in [-0.3, -0.25) is 9.10 Å². The standard InChI is InChI=1S/C20H22ClF3N2O3S2/c1-14-3-5-15(6-4-14)13-30-10-9-25-19(27)12-26(31(2,28)29)16-7-8-18(21)17(11-16)20(22,23)24/h3-8,11H,9-10,12-13H2,1-2H3,(H,25,27). The van der Waals surface area contributed by atoms with E-state index in [0.717, 1.165) is 29.7 Å². The first-order chi connectivity index (χ1) is 14.4. The van der Waals surface area contributed by atoms with Gasteiger partial charge in [0, 0.05) is 18.1 Å². The summed E-state index contributed by atoms with van der Waals surface area (Å²) in [5, 5.41) is 2.04. The highest BCUT2D eigenvalue weighted by Gasteiger charge is 2.34. The van der Waals surface area contributed by atoms with Crippen molar-refractivity contribution in [2.45, 2.75) is 18.9 Å². The van der Waals surface area contributed by atoms with Crippen LogP contribution >= 0.6 is 23.4 Å². The lowest BCUT2D eigenvalue weighted by molar-refractivity contribution is -0.137. The maximum absolute atomic E-state index is 13.1. The van der Waals surface area contributed by atoms with Gasteiger partial charge in [0.25, 0.3) is 0 Å². The second-order valence-electron chi connectivity index (χ2n) is 6.82. The summed E-state index contributed by atoms with van der Waals surface area (Å²) in [5.41, 5.74) is 0.851. The van der Waals surface area contributed by atoms with E-state index in [4.69, 9.17) is 11.6 Å². The van der Waals surface area contributed by atoms with Crippen molar-refractivity contribution in [2.75, 3.05) is 29.4 Å². The fourth-order valence-corrected chi connectivity index (χ4v) is 4.50. The van der Waals surface area contributed by atoms with Crippen molar-refractivity contribution in [3.63, 3.8) is 0 Å². The lowest BCUT2D eigenvalue weighted by atomic mass is 10.2. The van der Waals surface area contributed by atoms with E-state index in [-0.39, 0.29) is 5.69 Å². The summed E-state index contributed by atoms with van der Waals surface area (Å²) >= 11 is 7.18. The van der Waals surface area contributed by atoms with Crippen LogP contribution in [0, 0.1) is 6.92 Å². The van der Waals surface area contributed by atoms with E-state index in [9.17, 15) is 26.4 Å². The van der Waals surface area contributed by atoms with Crippen LogP contribution in [0.4, 0.5) is 18.9 Å². The number of thioether (sulfide) groups is 1. The molecule has 0 heterocycles. The molecule has 1 N–H and O–H groups in total. The molecule has 0 unspecified atom stereocenters. The molecular weight excluding hydrogens is 473 g/mol. The quantitative estimate of drug-likeness (QED) is 0.522. The third-order valence-electron chi connectivity index (χ3n) is 4.19. The molecule has 11 heteroatoms. The molecule has 2 rings (SSSR count). The molecule has 170 valence electrons. The van der Waals surface area contributed by atoms with Gasteiger partial charge in [0.1, 0.15) is 6.54 Å². The lowest BCUT2D eigenvalue weighted by Crippen LogP contribution is -2.41. The Morgan fingerprint density at radius 2 is 1.81 bits per heavy atom. The molecule has 5 nitrogen and oxygen atoms in total. The molecule has 1 amide bonds. The Labute approximate surface area is 189 Å². The Morgan fingerprint density at radius 1 is 1.16 bits per heavy atom. The third-order valence-corrected chi connectivity index (χ3v) is 6.69. The smallest absolute Gasteiger partial charge is 0.354 e. The highest BCUT2D eigenvalue weighted by Crippen LogP contribution is 2.37. The van der Waals surface area contributed by atoms with Gasteiger partial charge < -0.3 is 5.32 Å². The van der Waals surface area contributed by atoms with E-state index >= 15 is 0 Å². The van der Waals surface area contributed by atoms with Crippen LogP contribution in [0.15, 0.2) is 42.5 Å². The molecule has 0 bridgehead atoms. The maximum Gasteiger partial charge on any atom is 0.417 e. The second-order valence-corrected chi connectivity index (χ2v) is 10.2. The average molecular weight is 495 g/mol. The van der Waals surface area contributed by atoms with Crippen LogP contribution in [0.5, 0.6) is 0 Å². The third kappa shape index (κ3) is 7.93. The minimum atomic E-state index is -4.76. The van der Waals surface area contributed by atoms with E-state index in [2.05, 4.69) is 5.32 Å². The van der Waals surface area contributed by atoms with E-state index in [1.807, 2.05) is 31.2 Å². The monoisotopic (exact) mass is 494 g/mol. The highest BCUT2D eigenvalue weighted by atomic mass is 35.5. The fraction of sp³-hybridized carbons (Fsp3) is 0.350. The molecule has 0 spiro atoms. The predicted octanol–water partition coefficient (Wildman–Crippen LogP) is 4.48. The van der Waals surface area contributed by atoms with Crippen molar-refractivity contribution in [1.29, 1.82) is 0 Å². The van der Waals surface area contributed by atoms with Gasteiger partial charge in [0.2, 0.25) is 15.9 Å². The van der Waals surface area contributed by atoms with Crippen LogP contribution in [0.1, 0.15) is 16.7 Å². The van der Waals surface area contributed by atoms with E-state index < -0.39 is 39.2 Å². The number of aryl methyl sites for hydroxylation is 1. The Kier molecular flexibility index (Phi) is 8.67. The summed E-state index contributed by atoms with van der Waals surface area (Å²) in [5.74, 6) is 0.735. The van der Waals surface area contributed by atoms with Gasteiger partial charge >= 0.3 is 6.18 Å². The summed E-state index contributed by atoms with van der Waals surface area (Å²) in [7, 11) is -4.01. The summed E-state index contributed by atoms with van der Waals surface area (Å²) < 4.78 is 64.1. The molecule has 0 radical (unpaired) electrons. The van der Waals surface area contributed by atoms with Crippen LogP contribution in [0.25, 0.3) is 0 Å². The molecule has 0 saturated heterocycles. The normalized spacial score (nSPS) is 11.9. The zero-order valence-electron chi connectivity index (χ0n) is 16.9. The van der Waals surface area contributed by atoms with Gasteiger partial charge in [0.05, 0.1) is 22.5 Å². The van der Waals surface area contributed by atoms with Gasteiger partial charge in [-0.1, -0.05) is 41.4 Å². The molecule has 0 aliphatic heterocycles. The lowest BCUT2D eigenvalue weighted by Gasteiger charge is -2.23. The van der Waals surface area contributed by atoms with Gasteiger partial charge in [-0.05, 0) is 30.7 Å². The first-order valence-corrected chi connectivity index (χ1v) is 12.5. The predicted molar refractivity (Wildman–Crippen MR) is 119 cm³/mol. The molecule has 0 saturated carbocycles. The molecule has 0 aliphatic carbocycles. The number of carbonyl (C=O) groups excluding carboxylic acids is 1. The second kappa shape index (κ2) is 10.6. The van der Waals surface area contributed by atoms with Gasteiger partial charge in [-0.2, -0.15) is 24.9 Å². The summed E-state index contributed by atoms with van der Waals surface area (Å²) in [6.45, 7) is 1.65. The first-order valence-electron chi connectivity index (χ1n) is 9.12. The molecule has 2 aromatic rings. The molecule has 0 aliphatic rings. The van der Waals surface area contributed by atoms with Crippen LogP contribution in [-0.4, -0.2) is 39.4 Å². The highest BCUT2D eigenvalue weighted by molar-refractivity contribution is 7.98. The minimum Gasteiger partial charge on any atom is -0.354 e. The number of sulfonamides is 1. The molecule has 31 heavy (non-hydrogen) atoms. The molecule has 0 atom stereocenters. The van der Waals surface area contributed by atoms with E-state index in [1.165, 1.54) is 5.56 Å². The Hall–Kier alpha value is -1.91. The number of amides is 1. The number of rotatable bonds is 9. The Bertz CT molecular complexity index is 1010. The van der Waals surface area contributed by atoms with Crippen LogP contribution in [-0.2, 0) is 26.7 Å². The van der Waals surface area contributed by atoms with Gasteiger partial charge in [0.15, 0.2) is 0 Å². The number of hydrogen-bond acceptors (Lipinski definition) is 4. The average Bonchev–Trinajstić information content (AvgIpc) is 2.66. The molecule has 2 aromatic carbocycles. The van der Waals surface area contributed by atoms with Crippen molar-refractivity contribution < 1.29 is 26.4 Å². The van der Waals surface area contributed by atoms with Crippen molar-refractivity contribution in [2.24, 2.45) is 0 Å². The van der Waals surface area contributed by atoms with Crippen LogP contribution < -0.4 is 9.62 Å². The topological polar surface area (TPSA) is 66.5 Å². The number of anilines is 1. The fourth-order valence-electron chi connectivity index (χ4n) is 2.61. The summed E-state index contributed by atoms with van der Waals surface area (Å²) in [6, 6.07) is 10.8. The Balaban J connectivity index is 1.95. The maximum atomic E-state index is 13.1. The number of alkyl halides is 3. The van der Waals surface area contributed by atoms with Crippen LogP contribution in [0.3, 0.4) is 0 Å². The van der Waals surface area contributed by atoms with Crippen LogP contribution in [0.2, 0.25) is 5.02 Å². The number of benzene rings is 2. The molecular formula is C20H22ClF3N2O3S2. The van der Waals surface area contributed by atoms with E-state index in [0.29, 0.717) is 22.7 Å². The van der Waals surface area contributed by atoms with Gasteiger partial charge in [-0.25, -0.2) is 8.42 Å². The number of hydrogen-bond donors (Lipinski definition) is 1. The summed E-state index contributed by atoms with van der Waals surface area (Å²) in [6.07, 6.45) is -3.94. The van der Waals surface area contributed by atoms with Crippen molar-refractivity contribution in [3.8, 4) is 0 Å². The number of carbonyl (C=O) groups is 1. The first kappa shape index (κ1) is 25.4. The molecule has 0 aromatic heterocycles. The Morgan fingerprint density at radius 3 is 2.39 bits per heavy atom. The van der Waals surface area contributed by atoms with E-state index in [1.54, 1.807) is 11.8 Å².